The molecule has 5 rings (SSSR count). The van der Waals surface area contributed by atoms with Crippen LogP contribution < -0.4 is 10.6 Å². The highest BCUT2D eigenvalue weighted by atomic mass is 16.6. The summed E-state index contributed by atoms with van der Waals surface area (Å²) >= 11 is 0. The Bertz CT molecular complexity index is 1400. The van der Waals surface area contributed by atoms with Gasteiger partial charge in [-0.2, -0.15) is 0 Å². The van der Waals surface area contributed by atoms with Crippen LogP contribution in [-0.4, -0.2) is 34.6 Å². The number of fused-ring (bicyclic) bond motifs is 1. The van der Waals surface area contributed by atoms with Gasteiger partial charge in [-0.25, -0.2) is 0 Å². The van der Waals surface area contributed by atoms with Gasteiger partial charge < -0.3 is 15.5 Å². The number of Topliss-reactive ketones (excluding diaryl/α,β-unsaturated/α-hetero) is 1. The number of carbonyl (C=O) groups is 2. The van der Waals surface area contributed by atoms with Crippen LogP contribution in [0.15, 0.2) is 108 Å². The van der Waals surface area contributed by atoms with Crippen LogP contribution in [0.5, 0.6) is 0 Å². The molecule has 1 unspecified atom stereocenters. The number of amides is 1. The molecular formula is C28H24N4O4. The van der Waals surface area contributed by atoms with E-state index < -0.39 is 10.8 Å². The molecule has 0 aromatic heterocycles. The number of benzene rings is 3. The number of nitrogens with zero attached hydrogens (tertiary/aromatic N) is 2. The number of para-hydroxylation sites is 1. The van der Waals surface area contributed by atoms with Crippen molar-refractivity contribution in [2.45, 2.75) is 12.8 Å². The lowest BCUT2D eigenvalue weighted by Gasteiger charge is -2.35. The Hall–Kier alpha value is -4.72. The van der Waals surface area contributed by atoms with E-state index in [0.717, 1.165) is 5.70 Å². The van der Waals surface area contributed by atoms with E-state index in [2.05, 4.69) is 10.6 Å². The zero-order valence-electron chi connectivity index (χ0n) is 19.6. The minimum absolute atomic E-state index is 0.0604. The lowest BCUT2D eigenvalue weighted by atomic mass is 9.77. The second kappa shape index (κ2) is 9.50. The van der Waals surface area contributed by atoms with Crippen LogP contribution in [0.4, 0.5) is 11.4 Å². The van der Waals surface area contributed by atoms with Gasteiger partial charge >= 0.3 is 0 Å². The largest absolute Gasteiger partial charge is 0.369 e. The molecular weight excluding hydrogens is 456 g/mol. The third kappa shape index (κ3) is 4.13. The van der Waals surface area contributed by atoms with Crippen molar-refractivity contribution in [3.63, 3.8) is 0 Å². The highest BCUT2D eigenvalue weighted by molar-refractivity contribution is 6.14. The van der Waals surface area contributed by atoms with E-state index in [-0.39, 0.29) is 17.4 Å². The number of ketones is 1. The van der Waals surface area contributed by atoms with E-state index in [0.29, 0.717) is 46.9 Å². The Morgan fingerprint density at radius 1 is 0.944 bits per heavy atom. The fourth-order valence-electron chi connectivity index (χ4n) is 4.83. The van der Waals surface area contributed by atoms with Gasteiger partial charge in [0.15, 0.2) is 5.78 Å². The van der Waals surface area contributed by atoms with Crippen molar-refractivity contribution in [3.8, 4) is 0 Å². The first kappa shape index (κ1) is 23.0. The Morgan fingerprint density at radius 3 is 2.22 bits per heavy atom. The molecule has 2 N–H and O–H groups in total. The number of nitro benzene ring substituents is 1. The molecule has 2 aliphatic rings. The highest BCUT2D eigenvalue weighted by Gasteiger charge is 2.42. The molecule has 8 heteroatoms. The van der Waals surface area contributed by atoms with E-state index in [9.17, 15) is 19.7 Å². The molecule has 0 bridgehead atoms. The van der Waals surface area contributed by atoms with Gasteiger partial charge in [-0.05, 0) is 24.6 Å². The first-order chi connectivity index (χ1) is 17.5. The number of carbonyl (C=O) groups excluding carboxylic acids is 2. The predicted octanol–water partition coefficient (Wildman–Crippen LogP) is 4.60. The van der Waals surface area contributed by atoms with E-state index in [1.54, 1.807) is 48.5 Å². The summed E-state index contributed by atoms with van der Waals surface area (Å²) in [6.45, 7) is 3.11. The lowest BCUT2D eigenvalue weighted by Crippen LogP contribution is -2.36. The molecule has 1 saturated heterocycles. The smallest absolute Gasteiger partial charge is 0.269 e. The molecule has 0 spiro atoms. The van der Waals surface area contributed by atoms with Gasteiger partial charge in [-0.15, -0.1) is 0 Å². The van der Waals surface area contributed by atoms with Crippen molar-refractivity contribution in [2.24, 2.45) is 0 Å². The van der Waals surface area contributed by atoms with Crippen LogP contribution in [0, 0.1) is 10.1 Å². The zero-order valence-corrected chi connectivity index (χ0v) is 19.6. The molecule has 2 heterocycles. The number of rotatable bonds is 6. The van der Waals surface area contributed by atoms with Crippen molar-refractivity contribution >= 4 is 23.1 Å². The second-order valence-electron chi connectivity index (χ2n) is 8.64. The third-order valence-electron chi connectivity index (χ3n) is 6.52. The van der Waals surface area contributed by atoms with Crippen LogP contribution in [0.25, 0.3) is 0 Å². The Balaban J connectivity index is 1.68. The van der Waals surface area contributed by atoms with Gasteiger partial charge in [-0.3, -0.25) is 19.7 Å². The standard InChI is InChI=1S/C28H24N4O4/c1-18-23(28(34)30-21-10-6-3-7-11-21)24(19-12-14-22(15-13-19)32(35)36)25(27-29-16-17-31(18)27)26(33)20-8-4-2-5-9-20/h2-15,24,29H,16-17H2,1H3,(H,30,34). The molecule has 36 heavy (non-hydrogen) atoms. The van der Waals surface area contributed by atoms with Gasteiger partial charge in [0.2, 0.25) is 0 Å². The van der Waals surface area contributed by atoms with Crippen LogP contribution in [0.3, 0.4) is 0 Å². The number of anilines is 1. The zero-order chi connectivity index (χ0) is 25.2. The van der Waals surface area contributed by atoms with Crippen LogP contribution in [-0.2, 0) is 4.79 Å². The topological polar surface area (TPSA) is 105 Å². The molecule has 0 radical (unpaired) electrons. The normalized spacial score (nSPS) is 16.9. The second-order valence-corrected chi connectivity index (χ2v) is 8.64. The molecule has 3 aromatic carbocycles. The molecule has 1 atom stereocenters. The molecule has 3 aromatic rings. The molecule has 2 aliphatic heterocycles. The number of non-ortho nitro benzene ring substituents is 1. The van der Waals surface area contributed by atoms with E-state index in [1.807, 2.05) is 36.1 Å². The number of hydrogen-bond acceptors (Lipinski definition) is 6. The molecule has 1 fully saturated rings. The maximum atomic E-state index is 13.9. The summed E-state index contributed by atoms with van der Waals surface area (Å²) < 4.78 is 0. The maximum absolute atomic E-state index is 13.9. The van der Waals surface area contributed by atoms with Crippen LogP contribution >= 0.6 is 0 Å². The number of nitrogens with one attached hydrogen (secondary N) is 2. The van der Waals surface area contributed by atoms with Crippen molar-refractivity contribution in [2.75, 3.05) is 18.4 Å². The van der Waals surface area contributed by atoms with Crippen molar-refractivity contribution < 1.29 is 14.5 Å². The third-order valence-corrected chi connectivity index (χ3v) is 6.52. The van der Waals surface area contributed by atoms with E-state index in [4.69, 9.17) is 0 Å². The molecule has 0 aliphatic carbocycles. The first-order valence-electron chi connectivity index (χ1n) is 11.6. The average Bonchev–Trinajstić information content (AvgIpc) is 3.39. The Kier molecular flexibility index (Phi) is 6.08. The molecule has 8 nitrogen and oxygen atoms in total. The summed E-state index contributed by atoms with van der Waals surface area (Å²) in [5.74, 6) is -0.586. The molecule has 0 saturated carbocycles. The van der Waals surface area contributed by atoms with Gasteiger partial charge in [0, 0.05) is 53.7 Å². The summed E-state index contributed by atoms with van der Waals surface area (Å²) in [6.07, 6.45) is 0. The molecule has 1 amide bonds. The summed E-state index contributed by atoms with van der Waals surface area (Å²) in [5.41, 5.74) is 3.30. The SMILES string of the molecule is CC1=C(C(=O)Nc2ccccc2)C(c2ccc([N+](=O)[O-])cc2)C(C(=O)c2ccccc2)=C2NCCN12. The van der Waals surface area contributed by atoms with Gasteiger partial charge in [0.1, 0.15) is 5.82 Å². The van der Waals surface area contributed by atoms with E-state index >= 15 is 0 Å². The van der Waals surface area contributed by atoms with Crippen LogP contribution in [0.1, 0.15) is 28.8 Å². The predicted molar refractivity (Wildman–Crippen MR) is 136 cm³/mol. The van der Waals surface area contributed by atoms with Crippen LogP contribution in [0.2, 0.25) is 0 Å². The Labute approximate surface area is 208 Å². The minimum atomic E-state index is -0.723. The Morgan fingerprint density at radius 2 is 1.58 bits per heavy atom. The van der Waals surface area contributed by atoms with Gasteiger partial charge in [-0.1, -0.05) is 60.7 Å². The van der Waals surface area contributed by atoms with Gasteiger partial charge in [0.25, 0.3) is 11.6 Å². The fraction of sp³-hybridized carbons (Fsp3) is 0.143. The fourth-order valence-corrected chi connectivity index (χ4v) is 4.83. The summed E-state index contributed by atoms with van der Waals surface area (Å²) in [6, 6.07) is 24.1. The highest BCUT2D eigenvalue weighted by Crippen LogP contribution is 2.44. The average molecular weight is 481 g/mol. The number of nitro groups is 1. The molecule has 180 valence electrons. The summed E-state index contributed by atoms with van der Waals surface area (Å²) in [7, 11) is 0. The number of allylic oxidation sites excluding steroid dienone is 2. The summed E-state index contributed by atoms with van der Waals surface area (Å²) in [4.78, 5) is 40.5. The monoisotopic (exact) mass is 480 g/mol. The van der Waals surface area contributed by atoms with E-state index in [1.165, 1.54) is 12.1 Å². The quantitative estimate of drug-likeness (QED) is 0.303. The van der Waals surface area contributed by atoms with Crippen molar-refractivity contribution in [1.82, 2.24) is 10.2 Å². The number of hydrogen-bond donors (Lipinski definition) is 2. The van der Waals surface area contributed by atoms with Crippen molar-refractivity contribution in [3.05, 3.63) is 129 Å². The summed E-state index contributed by atoms with van der Waals surface area (Å²) in [5, 5.41) is 17.6. The maximum Gasteiger partial charge on any atom is 0.269 e. The minimum Gasteiger partial charge on any atom is -0.369 e. The van der Waals surface area contributed by atoms with Gasteiger partial charge in [0.05, 0.1) is 10.5 Å². The van der Waals surface area contributed by atoms with Crippen molar-refractivity contribution in [1.29, 1.82) is 0 Å². The lowest BCUT2D eigenvalue weighted by molar-refractivity contribution is -0.384. The first-order valence-corrected chi connectivity index (χ1v) is 11.6.